The van der Waals surface area contributed by atoms with E-state index in [0.29, 0.717) is 26.1 Å². The molecule has 0 radical (unpaired) electrons. The zero-order chi connectivity index (χ0) is 14.4. The summed E-state index contributed by atoms with van der Waals surface area (Å²) in [4.78, 5) is 11.2. The van der Waals surface area contributed by atoms with E-state index >= 15 is 0 Å². The van der Waals surface area contributed by atoms with Crippen molar-refractivity contribution in [2.75, 3.05) is 26.4 Å². The highest BCUT2D eigenvalue weighted by atomic mass is 16.5. The highest BCUT2D eigenvalue weighted by Crippen LogP contribution is 2.32. The quantitative estimate of drug-likeness (QED) is 0.568. The van der Waals surface area contributed by atoms with Crippen molar-refractivity contribution >= 4 is 5.97 Å². The minimum Gasteiger partial charge on any atom is -0.494 e. The molecule has 4 heteroatoms. The number of hydrogen-bond acceptors (Lipinski definition) is 4. The molecule has 2 rings (SSSR count). The van der Waals surface area contributed by atoms with Crippen LogP contribution >= 0.6 is 0 Å². The normalized spacial score (nSPS) is 16.3. The van der Waals surface area contributed by atoms with Crippen LogP contribution in [-0.4, -0.2) is 32.4 Å². The number of benzene rings is 1. The van der Waals surface area contributed by atoms with Gasteiger partial charge in [-0.05, 0) is 31.0 Å². The third-order valence-electron chi connectivity index (χ3n) is 3.49. The van der Waals surface area contributed by atoms with Crippen LogP contribution in [0.15, 0.2) is 24.3 Å². The summed E-state index contributed by atoms with van der Waals surface area (Å²) in [5, 5.41) is 0. The van der Waals surface area contributed by atoms with Gasteiger partial charge in [0.1, 0.15) is 5.75 Å². The summed E-state index contributed by atoms with van der Waals surface area (Å²) in [6.07, 6.45) is 1.08. The molecule has 1 heterocycles. The molecule has 0 aliphatic carbocycles. The van der Waals surface area contributed by atoms with Crippen molar-refractivity contribution in [3.05, 3.63) is 29.8 Å². The molecule has 0 spiro atoms. The second kappa shape index (κ2) is 6.75. The van der Waals surface area contributed by atoms with Gasteiger partial charge in [-0.2, -0.15) is 0 Å². The topological polar surface area (TPSA) is 44.8 Å². The zero-order valence-corrected chi connectivity index (χ0v) is 12.2. The zero-order valence-electron chi connectivity index (χ0n) is 12.2. The average Bonchev–Trinajstić information content (AvgIpc) is 2.42. The monoisotopic (exact) mass is 278 g/mol. The van der Waals surface area contributed by atoms with E-state index in [9.17, 15) is 4.79 Å². The first-order valence-electron chi connectivity index (χ1n) is 7.11. The summed E-state index contributed by atoms with van der Waals surface area (Å²) in [6.45, 7) is 6.54. The Balaban J connectivity index is 1.73. The van der Waals surface area contributed by atoms with Gasteiger partial charge >= 0.3 is 5.97 Å². The number of rotatable bonds is 7. The van der Waals surface area contributed by atoms with Crippen molar-refractivity contribution in [2.45, 2.75) is 32.1 Å². The van der Waals surface area contributed by atoms with Crippen molar-refractivity contribution in [3.8, 4) is 5.75 Å². The largest absolute Gasteiger partial charge is 0.494 e. The molecule has 0 N–H and O–H groups in total. The predicted octanol–water partition coefficient (Wildman–Crippen LogP) is 2.70. The smallest absolute Gasteiger partial charge is 0.305 e. The van der Waals surface area contributed by atoms with Gasteiger partial charge in [-0.25, -0.2) is 0 Å². The number of esters is 1. The van der Waals surface area contributed by atoms with Gasteiger partial charge in [0, 0.05) is 11.8 Å². The number of carbonyl (C=O) groups excluding carboxylic acids is 1. The minimum absolute atomic E-state index is 0.155. The molecule has 20 heavy (non-hydrogen) atoms. The molecule has 1 aliphatic rings. The molecule has 1 fully saturated rings. The van der Waals surface area contributed by atoms with E-state index in [1.807, 2.05) is 19.1 Å². The average molecular weight is 278 g/mol. The molecule has 1 aliphatic heterocycles. The summed E-state index contributed by atoms with van der Waals surface area (Å²) in [7, 11) is 0. The number of ether oxygens (including phenoxy) is 3. The maximum Gasteiger partial charge on any atom is 0.305 e. The van der Waals surface area contributed by atoms with Gasteiger partial charge in [0.05, 0.1) is 26.4 Å². The van der Waals surface area contributed by atoms with Crippen molar-refractivity contribution in [2.24, 2.45) is 0 Å². The van der Waals surface area contributed by atoms with E-state index in [1.165, 1.54) is 5.56 Å². The Morgan fingerprint density at radius 3 is 2.55 bits per heavy atom. The lowest BCUT2D eigenvalue weighted by atomic mass is 9.81. The lowest BCUT2D eigenvalue weighted by molar-refractivity contribution is -0.143. The molecular formula is C16H22O4. The van der Waals surface area contributed by atoms with Crippen LogP contribution in [0.2, 0.25) is 0 Å². The standard InChI is InChI=1S/C16H22O4/c1-3-19-15(17)5-4-10-20-14-8-6-13(7-9-14)16(2)11-18-12-16/h6-9H,3-5,10-12H2,1-2H3. The summed E-state index contributed by atoms with van der Waals surface area (Å²) >= 11 is 0. The van der Waals surface area contributed by atoms with Crippen LogP contribution in [0.5, 0.6) is 5.75 Å². The Kier molecular flexibility index (Phi) is 5.01. The second-order valence-corrected chi connectivity index (χ2v) is 5.33. The Morgan fingerprint density at radius 1 is 1.30 bits per heavy atom. The lowest BCUT2D eigenvalue weighted by Gasteiger charge is -2.38. The van der Waals surface area contributed by atoms with Gasteiger partial charge in [0.25, 0.3) is 0 Å². The van der Waals surface area contributed by atoms with Crippen molar-refractivity contribution in [1.82, 2.24) is 0 Å². The summed E-state index contributed by atoms with van der Waals surface area (Å²) < 4.78 is 15.7. The van der Waals surface area contributed by atoms with E-state index in [1.54, 1.807) is 0 Å². The molecule has 1 aromatic rings. The molecule has 0 unspecified atom stereocenters. The highest BCUT2D eigenvalue weighted by molar-refractivity contribution is 5.69. The Morgan fingerprint density at radius 2 is 2.00 bits per heavy atom. The second-order valence-electron chi connectivity index (χ2n) is 5.33. The molecule has 1 aromatic carbocycles. The van der Waals surface area contributed by atoms with Crippen molar-refractivity contribution in [1.29, 1.82) is 0 Å². The van der Waals surface area contributed by atoms with Crippen molar-refractivity contribution < 1.29 is 19.0 Å². The molecule has 4 nitrogen and oxygen atoms in total. The van der Waals surface area contributed by atoms with E-state index in [4.69, 9.17) is 14.2 Å². The van der Waals surface area contributed by atoms with E-state index < -0.39 is 0 Å². The van der Waals surface area contributed by atoms with Crippen LogP contribution in [0.4, 0.5) is 0 Å². The summed E-state index contributed by atoms with van der Waals surface area (Å²) in [5.74, 6) is 0.672. The molecule has 0 atom stereocenters. The number of carbonyl (C=O) groups is 1. The van der Waals surface area contributed by atoms with Crippen LogP contribution in [0.3, 0.4) is 0 Å². The van der Waals surface area contributed by atoms with Gasteiger partial charge in [0.15, 0.2) is 0 Å². The molecule has 0 aromatic heterocycles. The van der Waals surface area contributed by atoms with Gasteiger partial charge in [-0.3, -0.25) is 4.79 Å². The SMILES string of the molecule is CCOC(=O)CCCOc1ccc(C2(C)COC2)cc1. The van der Waals surface area contributed by atoms with Gasteiger partial charge in [-0.15, -0.1) is 0 Å². The maximum absolute atomic E-state index is 11.2. The van der Waals surface area contributed by atoms with Gasteiger partial charge in [0.2, 0.25) is 0 Å². The summed E-state index contributed by atoms with van der Waals surface area (Å²) in [5.41, 5.74) is 1.44. The Labute approximate surface area is 120 Å². The highest BCUT2D eigenvalue weighted by Gasteiger charge is 2.34. The fraction of sp³-hybridized carbons (Fsp3) is 0.562. The Hall–Kier alpha value is -1.55. The molecule has 110 valence electrons. The fourth-order valence-corrected chi connectivity index (χ4v) is 2.17. The first-order chi connectivity index (χ1) is 9.64. The van der Waals surface area contributed by atoms with Crippen LogP contribution in [0, 0.1) is 0 Å². The minimum atomic E-state index is -0.163. The van der Waals surface area contributed by atoms with E-state index in [2.05, 4.69) is 19.1 Å². The Bertz CT molecular complexity index is 434. The molecule has 1 saturated heterocycles. The van der Waals surface area contributed by atoms with Crippen LogP contribution in [0.1, 0.15) is 32.3 Å². The van der Waals surface area contributed by atoms with Crippen LogP contribution < -0.4 is 4.74 Å². The first-order valence-corrected chi connectivity index (χ1v) is 7.11. The molecule has 0 bridgehead atoms. The molecule has 0 amide bonds. The maximum atomic E-state index is 11.2. The first kappa shape index (κ1) is 14.9. The van der Waals surface area contributed by atoms with Crippen LogP contribution in [-0.2, 0) is 19.7 Å². The van der Waals surface area contributed by atoms with E-state index in [-0.39, 0.29) is 11.4 Å². The van der Waals surface area contributed by atoms with Crippen molar-refractivity contribution in [3.63, 3.8) is 0 Å². The van der Waals surface area contributed by atoms with Gasteiger partial charge < -0.3 is 14.2 Å². The third kappa shape index (κ3) is 3.73. The number of hydrogen-bond donors (Lipinski definition) is 0. The van der Waals surface area contributed by atoms with Gasteiger partial charge in [-0.1, -0.05) is 19.1 Å². The van der Waals surface area contributed by atoms with Crippen LogP contribution in [0.25, 0.3) is 0 Å². The predicted molar refractivity (Wildman–Crippen MR) is 76.0 cm³/mol. The third-order valence-corrected chi connectivity index (χ3v) is 3.49. The molecular weight excluding hydrogens is 256 g/mol. The lowest BCUT2D eigenvalue weighted by Crippen LogP contribution is -2.43. The van der Waals surface area contributed by atoms with E-state index in [0.717, 1.165) is 19.0 Å². The summed E-state index contributed by atoms with van der Waals surface area (Å²) in [6, 6.07) is 8.12. The fourth-order valence-electron chi connectivity index (χ4n) is 2.17. The molecule has 0 saturated carbocycles.